The van der Waals surface area contributed by atoms with Crippen molar-refractivity contribution in [3.8, 4) is 5.75 Å². The molecule has 0 spiro atoms. The second kappa shape index (κ2) is 9.14. The lowest BCUT2D eigenvalue weighted by atomic mass is 9.98. The highest BCUT2D eigenvalue weighted by Gasteiger charge is 2.20. The number of carbonyl (C=O) groups is 1. The van der Waals surface area contributed by atoms with Gasteiger partial charge in [0.05, 0.1) is 12.5 Å². The minimum atomic E-state index is -0.704. The molecule has 0 aliphatic heterocycles. The molecule has 0 fully saturated rings. The first kappa shape index (κ1) is 17.2. The van der Waals surface area contributed by atoms with Crippen LogP contribution in [0.4, 0.5) is 0 Å². The fourth-order valence-electron chi connectivity index (χ4n) is 1.64. The van der Waals surface area contributed by atoms with E-state index in [4.69, 9.17) is 21.4 Å². The van der Waals surface area contributed by atoms with Crippen molar-refractivity contribution in [2.75, 3.05) is 18.1 Å². The Morgan fingerprint density at radius 3 is 2.55 bits per heavy atom. The Morgan fingerprint density at radius 2 is 2.00 bits per heavy atom. The molecule has 1 atom stereocenters. The number of thioether (sulfide) groups is 1. The summed E-state index contributed by atoms with van der Waals surface area (Å²) in [5.41, 5.74) is 0. The van der Waals surface area contributed by atoms with Gasteiger partial charge in [-0.1, -0.05) is 25.4 Å². The van der Waals surface area contributed by atoms with Crippen molar-refractivity contribution < 1.29 is 14.6 Å². The largest absolute Gasteiger partial charge is 0.494 e. The average molecular weight is 317 g/mol. The van der Waals surface area contributed by atoms with Crippen LogP contribution in [0.25, 0.3) is 0 Å². The maximum Gasteiger partial charge on any atom is 0.307 e. The minimum absolute atomic E-state index is 0.172. The van der Waals surface area contributed by atoms with Crippen molar-refractivity contribution in [2.45, 2.75) is 20.3 Å². The standard InChI is InChI=1S/C15H21ClO3S/c1-11(2)14(15(17)18)10-20-9-3-8-19-13-6-4-12(16)5-7-13/h4-7,11,14H,3,8-10H2,1-2H3,(H,17,18). The van der Waals surface area contributed by atoms with Crippen LogP contribution in [-0.4, -0.2) is 29.2 Å². The number of hydrogen-bond donors (Lipinski definition) is 1. The number of halogens is 1. The highest BCUT2D eigenvalue weighted by Crippen LogP contribution is 2.19. The molecule has 0 radical (unpaired) electrons. The molecule has 0 aromatic heterocycles. The van der Waals surface area contributed by atoms with E-state index < -0.39 is 5.97 Å². The van der Waals surface area contributed by atoms with Gasteiger partial charge in [0.25, 0.3) is 0 Å². The van der Waals surface area contributed by atoms with Crippen LogP contribution in [0.5, 0.6) is 5.75 Å². The number of carboxylic acids is 1. The van der Waals surface area contributed by atoms with Gasteiger partial charge >= 0.3 is 5.97 Å². The first-order valence-corrected chi connectivity index (χ1v) is 8.23. The van der Waals surface area contributed by atoms with E-state index in [9.17, 15) is 4.79 Å². The molecule has 3 nitrogen and oxygen atoms in total. The number of hydrogen-bond acceptors (Lipinski definition) is 3. The highest BCUT2D eigenvalue weighted by atomic mass is 35.5. The molecular formula is C15H21ClO3S. The van der Waals surface area contributed by atoms with Gasteiger partial charge in [0.1, 0.15) is 5.75 Å². The summed E-state index contributed by atoms with van der Waals surface area (Å²) < 4.78 is 5.57. The Labute approximate surface area is 129 Å². The van der Waals surface area contributed by atoms with Gasteiger partial charge in [-0.25, -0.2) is 0 Å². The Balaban J connectivity index is 2.13. The SMILES string of the molecule is CC(C)C(CSCCCOc1ccc(Cl)cc1)C(=O)O. The summed E-state index contributed by atoms with van der Waals surface area (Å²) in [5, 5.41) is 9.76. The quantitative estimate of drug-likeness (QED) is 0.694. The summed E-state index contributed by atoms with van der Waals surface area (Å²) in [6.45, 7) is 4.53. The van der Waals surface area contributed by atoms with Crippen LogP contribution in [0.15, 0.2) is 24.3 Å². The van der Waals surface area contributed by atoms with Crippen molar-refractivity contribution in [1.82, 2.24) is 0 Å². The predicted octanol–water partition coefficient (Wildman–Crippen LogP) is 4.20. The van der Waals surface area contributed by atoms with Crippen LogP contribution in [0, 0.1) is 11.8 Å². The van der Waals surface area contributed by atoms with E-state index in [1.54, 1.807) is 23.9 Å². The Hall–Kier alpha value is -0.870. The Morgan fingerprint density at radius 1 is 1.35 bits per heavy atom. The number of ether oxygens (including phenoxy) is 1. The van der Waals surface area contributed by atoms with Crippen LogP contribution in [0.1, 0.15) is 20.3 Å². The molecule has 0 amide bonds. The van der Waals surface area contributed by atoms with Crippen molar-refractivity contribution in [3.63, 3.8) is 0 Å². The monoisotopic (exact) mass is 316 g/mol. The zero-order valence-corrected chi connectivity index (χ0v) is 13.4. The van der Waals surface area contributed by atoms with E-state index in [-0.39, 0.29) is 11.8 Å². The fourth-order valence-corrected chi connectivity index (χ4v) is 3.04. The van der Waals surface area contributed by atoms with E-state index in [2.05, 4.69) is 0 Å². The molecule has 1 aromatic carbocycles. The topological polar surface area (TPSA) is 46.5 Å². The van der Waals surface area contributed by atoms with E-state index in [1.807, 2.05) is 26.0 Å². The first-order valence-electron chi connectivity index (χ1n) is 6.69. The summed E-state index contributed by atoms with van der Waals surface area (Å²) in [5.74, 6) is 1.58. The fraction of sp³-hybridized carbons (Fsp3) is 0.533. The van der Waals surface area contributed by atoms with Crippen LogP contribution in [0.2, 0.25) is 5.02 Å². The maximum absolute atomic E-state index is 11.0. The minimum Gasteiger partial charge on any atom is -0.494 e. The van der Waals surface area contributed by atoms with Crippen LogP contribution >= 0.6 is 23.4 Å². The Kier molecular flexibility index (Phi) is 7.85. The molecule has 1 unspecified atom stereocenters. The van der Waals surface area contributed by atoms with Crippen LogP contribution in [0.3, 0.4) is 0 Å². The van der Waals surface area contributed by atoms with Crippen molar-refractivity contribution >= 4 is 29.3 Å². The lowest BCUT2D eigenvalue weighted by Crippen LogP contribution is -2.22. The predicted molar refractivity (Wildman–Crippen MR) is 84.9 cm³/mol. The molecule has 1 aromatic rings. The van der Waals surface area contributed by atoms with E-state index in [1.165, 1.54) is 0 Å². The smallest absolute Gasteiger partial charge is 0.307 e. The number of benzene rings is 1. The van der Waals surface area contributed by atoms with E-state index in [0.29, 0.717) is 17.4 Å². The van der Waals surface area contributed by atoms with Gasteiger partial charge in [0.15, 0.2) is 0 Å². The normalized spacial score (nSPS) is 12.4. The van der Waals surface area contributed by atoms with Gasteiger partial charge in [-0.2, -0.15) is 11.8 Å². The van der Waals surface area contributed by atoms with Gasteiger partial charge in [0, 0.05) is 10.8 Å². The molecule has 0 heterocycles. The van der Waals surface area contributed by atoms with Gasteiger partial charge in [-0.15, -0.1) is 0 Å². The molecule has 1 rings (SSSR count). The second-order valence-electron chi connectivity index (χ2n) is 4.92. The molecule has 112 valence electrons. The van der Waals surface area contributed by atoms with Crippen molar-refractivity contribution in [2.24, 2.45) is 11.8 Å². The second-order valence-corrected chi connectivity index (χ2v) is 6.51. The summed E-state index contributed by atoms with van der Waals surface area (Å²) in [6.07, 6.45) is 0.901. The Bertz CT molecular complexity index is 406. The first-order chi connectivity index (χ1) is 9.50. The molecule has 0 aliphatic rings. The van der Waals surface area contributed by atoms with Gasteiger partial charge in [-0.05, 0) is 42.4 Å². The molecule has 0 bridgehead atoms. The van der Waals surface area contributed by atoms with E-state index >= 15 is 0 Å². The molecule has 1 N–H and O–H groups in total. The number of carboxylic acid groups (broad SMARTS) is 1. The van der Waals surface area contributed by atoms with E-state index in [0.717, 1.165) is 17.9 Å². The van der Waals surface area contributed by atoms with Crippen molar-refractivity contribution in [3.05, 3.63) is 29.3 Å². The molecule has 0 aliphatic carbocycles. The lowest BCUT2D eigenvalue weighted by molar-refractivity contribution is -0.142. The number of aliphatic carboxylic acids is 1. The molecule has 0 saturated heterocycles. The molecule has 0 saturated carbocycles. The van der Waals surface area contributed by atoms with Gasteiger partial charge in [-0.3, -0.25) is 4.79 Å². The third-order valence-electron chi connectivity index (χ3n) is 2.93. The third kappa shape index (κ3) is 6.53. The molecule has 20 heavy (non-hydrogen) atoms. The average Bonchev–Trinajstić information content (AvgIpc) is 2.39. The van der Waals surface area contributed by atoms with Gasteiger partial charge < -0.3 is 9.84 Å². The van der Waals surface area contributed by atoms with Crippen LogP contribution in [-0.2, 0) is 4.79 Å². The van der Waals surface area contributed by atoms with Gasteiger partial charge in [0.2, 0.25) is 0 Å². The zero-order chi connectivity index (χ0) is 15.0. The summed E-state index contributed by atoms with van der Waals surface area (Å²) in [4.78, 5) is 11.0. The maximum atomic E-state index is 11.0. The molecular weight excluding hydrogens is 296 g/mol. The van der Waals surface area contributed by atoms with Crippen molar-refractivity contribution in [1.29, 1.82) is 0 Å². The highest BCUT2D eigenvalue weighted by molar-refractivity contribution is 7.99. The summed E-state index contributed by atoms with van der Waals surface area (Å²) >= 11 is 7.46. The third-order valence-corrected chi connectivity index (χ3v) is 4.36. The van der Waals surface area contributed by atoms with Crippen LogP contribution < -0.4 is 4.74 Å². The number of rotatable bonds is 9. The zero-order valence-electron chi connectivity index (χ0n) is 11.8. The summed E-state index contributed by atoms with van der Waals surface area (Å²) in [6, 6.07) is 7.28. The lowest BCUT2D eigenvalue weighted by Gasteiger charge is -2.15. The summed E-state index contributed by atoms with van der Waals surface area (Å²) in [7, 11) is 0. The molecule has 5 heteroatoms.